The van der Waals surface area contributed by atoms with E-state index in [1.807, 2.05) is 35.6 Å². The predicted octanol–water partition coefficient (Wildman–Crippen LogP) is 13.2. The summed E-state index contributed by atoms with van der Waals surface area (Å²) in [6.45, 7) is 0. The van der Waals surface area contributed by atoms with Gasteiger partial charge in [0.2, 0.25) is 0 Å². The Kier molecular flexibility index (Phi) is 7.09. The van der Waals surface area contributed by atoms with Crippen LogP contribution in [0.5, 0.6) is 0 Å². The minimum Gasteiger partial charge on any atom is -0.456 e. The third kappa shape index (κ3) is 5.15. The molecule has 1 unspecified atom stereocenters. The highest BCUT2D eigenvalue weighted by Crippen LogP contribution is 2.44. The number of rotatable bonds is 5. The molecule has 1 aliphatic rings. The van der Waals surface area contributed by atoms with Crippen LogP contribution in [0.1, 0.15) is 22.9 Å². The molecule has 11 aromatic rings. The van der Waals surface area contributed by atoms with Crippen LogP contribution in [0, 0.1) is 0 Å². The summed E-state index contributed by atoms with van der Waals surface area (Å²) in [6, 6.07) is 64.3. The fraction of sp³-hybridized carbons (Fsp3) is 0.0196. The van der Waals surface area contributed by atoms with Crippen LogP contribution in [0.3, 0.4) is 0 Å². The second-order valence-electron chi connectivity index (χ2n) is 14.6. The lowest BCUT2D eigenvalue weighted by atomic mass is 10.0. The third-order valence-corrected chi connectivity index (χ3v) is 12.5. The molecule has 268 valence electrons. The Hall–Kier alpha value is -7.28. The van der Waals surface area contributed by atoms with Gasteiger partial charge in [-0.1, -0.05) is 140 Å². The van der Waals surface area contributed by atoms with E-state index in [4.69, 9.17) is 14.4 Å². The highest BCUT2D eigenvalue weighted by Gasteiger charge is 2.23. The van der Waals surface area contributed by atoms with Crippen LogP contribution in [0.15, 0.2) is 196 Å². The van der Waals surface area contributed by atoms with E-state index in [1.54, 1.807) is 0 Å². The number of hydrogen-bond acceptors (Lipinski definition) is 5. The first-order valence-electron chi connectivity index (χ1n) is 19.2. The second-order valence-corrected chi connectivity index (χ2v) is 15.6. The molecule has 3 aromatic heterocycles. The molecule has 6 heteroatoms. The van der Waals surface area contributed by atoms with Crippen LogP contribution in [0.2, 0.25) is 0 Å². The van der Waals surface area contributed by atoms with Gasteiger partial charge in [-0.25, -0.2) is 9.98 Å². The van der Waals surface area contributed by atoms with Gasteiger partial charge in [-0.3, -0.25) is 0 Å². The van der Waals surface area contributed by atoms with E-state index in [0.29, 0.717) is 0 Å². The normalized spacial score (nSPS) is 14.5. The van der Waals surface area contributed by atoms with E-state index in [2.05, 4.69) is 168 Å². The van der Waals surface area contributed by atoms with Gasteiger partial charge in [-0.2, -0.15) is 0 Å². The van der Waals surface area contributed by atoms with Gasteiger partial charge in [-0.05, 0) is 53.6 Å². The van der Waals surface area contributed by atoms with Crippen molar-refractivity contribution < 1.29 is 4.42 Å². The molecule has 0 amide bonds. The molecule has 0 saturated carbocycles. The van der Waals surface area contributed by atoms with Crippen molar-refractivity contribution in [1.29, 1.82) is 0 Å². The minimum atomic E-state index is -0.457. The maximum Gasteiger partial charge on any atom is 0.169 e. The van der Waals surface area contributed by atoms with E-state index in [-0.39, 0.29) is 0 Å². The summed E-state index contributed by atoms with van der Waals surface area (Å²) in [5.41, 5.74) is 10.5. The molecule has 1 atom stereocenters. The summed E-state index contributed by atoms with van der Waals surface area (Å²) in [5, 5.41) is 10.9. The Balaban J connectivity index is 0.963. The number of nitrogens with one attached hydrogen (secondary N) is 1. The number of amidine groups is 2. The van der Waals surface area contributed by atoms with Gasteiger partial charge in [0.1, 0.15) is 22.8 Å². The zero-order valence-electron chi connectivity index (χ0n) is 30.6. The van der Waals surface area contributed by atoms with Gasteiger partial charge >= 0.3 is 0 Å². The van der Waals surface area contributed by atoms with Crippen LogP contribution in [0.4, 0.5) is 0 Å². The van der Waals surface area contributed by atoms with E-state index < -0.39 is 6.17 Å². The number of aromatic nitrogens is 1. The first-order valence-corrected chi connectivity index (χ1v) is 20.0. The second kappa shape index (κ2) is 12.6. The molecule has 4 heterocycles. The fourth-order valence-corrected chi connectivity index (χ4v) is 9.79. The van der Waals surface area contributed by atoms with Crippen molar-refractivity contribution in [3.63, 3.8) is 0 Å². The first kappa shape index (κ1) is 32.0. The van der Waals surface area contributed by atoms with Gasteiger partial charge in [0, 0.05) is 64.1 Å². The van der Waals surface area contributed by atoms with E-state index in [9.17, 15) is 0 Å². The van der Waals surface area contributed by atoms with Gasteiger partial charge in [0.15, 0.2) is 6.17 Å². The zero-order chi connectivity index (χ0) is 37.5. The summed E-state index contributed by atoms with van der Waals surface area (Å²) in [7, 11) is 0. The average molecular weight is 749 g/mol. The lowest BCUT2D eigenvalue weighted by Gasteiger charge is -2.22. The summed E-state index contributed by atoms with van der Waals surface area (Å²) < 4.78 is 11.6. The number of thiophene rings is 1. The molecular formula is C51H32N4OS. The van der Waals surface area contributed by atoms with Crippen molar-refractivity contribution in [3.05, 3.63) is 199 Å². The number of fused-ring (bicyclic) bond motifs is 10. The highest BCUT2D eigenvalue weighted by atomic mass is 32.1. The number of para-hydroxylation sites is 1. The largest absolute Gasteiger partial charge is 0.456 e. The Labute approximate surface area is 331 Å². The smallest absolute Gasteiger partial charge is 0.169 e. The number of aliphatic imine (C=N–C) groups is 2. The number of hydrogen-bond donors (Lipinski definition) is 1. The first-order chi connectivity index (χ1) is 28.2. The minimum absolute atomic E-state index is 0.457. The molecule has 0 bridgehead atoms. The Bertz CT molecular complexity index is 3430. The molecule has 0 radical (unpaired) electrons. The van der Waals surface area contributed by atoms with Gasteiger partial charge in [-0.15, -0.1) is 11.3 Å². The lowest BCUT2D eigenvalue weighted by molar-refractivity contribution is 0.665. The SMILES string of the molecule is c1ccc(C2=NC(c3ccc4c(c3)oc3ccc(-n5c6ccccc6c6c7sc8ccccc8c7ccc65)cc34)N=C(c3ccc(-c4ccccc4)cc3)N2)cc1. The molecule has 1 N–H and O–H groups in total. The molecule has 57 heavy (non-hydrogen) atoms. The van der Waals surface area contributed by atoms with Crippen molar-refractivity contribution in [2.75, 3.05) is 0 Å². The summed E-state index contributed by atoms with van der Waals surface area (Å²) >= 11 is 1.88. The third-order valence-electron chi connectivity index (χ3n) is 11.3. The van der Waals surface area contributed by atoms with Crippen molar-refractivity contribution in [2.24, 2.45) is 9.98 Å². The Morgan fingerprint density at radius 1 is 0.474 bits per heavy atom. The van der Waals surface area contributed by atoms with E-state index in [0.717, 1.165) is 61.6 Å². The lowest BCUT2D eigenvalue weighted by Crippen LogP contribution is -2.36. The van der Waals surface area contributed by atoms with E-state index in [1.165, 1.54) is 47.5 Å². The topological polar surface area (TPSA) is 54.8 Å². The summed E-state index contributed by atoms with van der Waals surface area (Å²) in [6.07, 6.45) is -0.457. The monoisotopic (exact) mass is 748 g/mol. The molecule has 1 aliphatic heterocycles. The van der Waals surface area contributed by atoms with Crippen LogP contribution in [-0.4, -0.2) is 16.2 Å². The average Bonchev–Trinajstić information content (AvgIpc) is 3.96. The predicted molar refractivity (Wildman–Crippen MR) is 238 cm³/mol. The molecule has 12 rings (SSSR count). The van der Waals surface area contributed by atoms with Gasteiger partial charge < -0.3 is 14.3 Å². The molecule has 0 spiro atoms. The molecule has 0 aliphatic carbocycles. The maximum atomic E-state index is 6.58. The molecule has 0 saturated heterocycles. The maximum absolute atomic E-state index is 6.58. The van der Waals surface area contributed by atoms with E-state index >= 15 is 0 Å². The number of nitrogens with zero attached hydrogens (tertiary/aromatic N) is 3. The molecule has 5 nitrogen and oxygen atoms in total. The molecule has 0 fully saturated rings. The number of furan rings is 1. The summed E-state index contributed by atoms with van der Waals surface area (Å²) in [5.74, 6) is 1.56. The zero-order valence-corrected chi connectivity index (χ0v) is 31.4. The standard InChI is InChI=1S/C51H32N4OS/c1-3-11-31(12-4-1)32-19-21-34(22-20-32)50-52-49(33-13-5-2-6-14-33)53-51(54-50)35-23-25-37-41-30-36(24-28-44(41)56-45(37)29-35)55-42-17-9-7-16-40(42)47-43(55)27-26-39-38-15-8-10-18-46(38)57-48(39)47/h1-30,51H,(H,52,53,54). The van der Waals surface area contributed by atoms with Crippen molar-refractivity contribution in [1.82, 2.24) is 9.88 Å². The van der Waals surface area contributed by atoms with Crippen LogP contribution in [0.25, 0.3) is 80.7 Å². The quantitative estimate of drug-likeness (QED) is 0.191. The van der Waals surface area contributed by atoms with Crippen LogP contribution < -0.4 is 5.32 Å². The highest BCUT2D eigenvalue weighted by molar-refractivity contribution is 7.26. The van der Waals surface area contributed by atoms with Crippen LogP contribution >= 0.6 is 11.3 Å². The summed E-state index contributed by atoms with van der Waals surface area (Å²) in [4.78, 5) is 10.3. The van der Waals surface area contributed by atoms with Gasteiger partial charge in [0.05, 0.1) is 11.0 Å². The molecule has 8 aromatic carbocycles. The fourth-order valence-electron chi connectivity index (χ4n) is 8.53. The van der Waals surface area contributed by atoms with Crippen molar-refractivity contribution in [2.45, 2.75) is 6.17 Å². The van der Waals surface area contributed by atoms with Crippen LogP contribution in [-0.2, 0) is 0 Å². The van der Waals surface area contributed by atoms with Crippen molar-refractivity contribution in [3.8, 4) is 16.8 Å². The molecular weight excluding hydrogens is 717 g/mol. The Morgan fingerprint density at radius 2 is 1.12 bits per heavy atom. The van der Waals surface area contributed by atoms with Gasteiger partial charge in [0.25, 0.3) is 0 Å². The Morgan fingerprint density at radius 3 is 1.93 bits per heavy atom. The number of benzene rings is 8. The van der Waals surface area contributed by atoms with Crippen molar-refractivity contribution >= 4 is 86.9 Å².